The lowest BCUT2D eigenvalue weighted by atomic mass is 10.2. The van der Waals surface area contributed by atoms with Crippen LogP contribution < -0.4 is 5.32 Å². The summed E-state index contributed by atoms with van der Waals surface area (Å²) in [6.45, 7) is 0. The lowest BCUT2D eigenvalue weighted by molar-refractivity contribution is 0.102. The van der Waals surface area contributed by atoms with E-state index in [2.05, 4.69) is 31.4 Å². The second-order valence-electron chi connectivity index (χ2n) is 3.26. The first-order chi connectivity index (χ1) is 7.79. The van der Waals surface area contributed by atoms with Crippen LogP contribution in [0.2, 0.25) is 0 Å². The van der Waals surface area contributed by atoms with Gasteiger partial charge in [0.15, 0.2) is 0 Å². The number of anilines is 1. The SMILES string of the molecule is O=C(Nc1cccc(CBr)c1)c1ccn[nH]1. The number of aromatic nitrogens is 2. The van der Waals surface area contributed by atoms with Crippen LogP contribution in [-0.2, 0) is 5.33 Å². The summed E-state index contributed by atoms with van der Waals surface area (Å²) >= 11 is 3.37. The number of amides is 1. The molecule has 0 unspecified atom stereocenters. The van der Waals surface area contributed by atoms with Gasteiger partial charge >= 0.3 is 0 Å². The fourth-order valence-corrected chi connectivity index (χ4v) is 1.66. The summed E-state index contributed by atoms with van der Waals surface area (Å²) in [6, 6.07) is 9.28. The molecule has 2 N–H and O–H groups in total. The average Bonchev–Trinajstić information content (AvgIpc) is 2.83. The van der Waals surface area contributed by atoms with Crippen molar-refractivity contribution in [2.75, 3.05) is 5.32 Å². The van der Waals surface area contributed by atoms with Gasteiger partial charge in [0.05, 0.1) is 0 Å². The smallest absolute Gasteiger partial charge is 0.273 e. The molecule has 0 saturated heterocycles. The first kappa shape index (κ1) is 10.9. The molecule has 0 aliphatic carbocycles. The van der Waals surface area contributed by atoms with Crippen LogP contribution in [0.1, 0.15) is 16.1 Å². The van der Waals surface area contributed by atoms with Crippen molar-refractivity contribution in [3.05, 3.63) is 47.8 Å². The molecule has 0 spiro atoms. The van der Waals surface area contributed by atoms with Gasteiger partial charge in [0.2, 0.25) is 0 Å². The molecule has 0 fully saturated rings. The Labute approximate surface area is 101 Å². The van der Waals surface area contributed by atoms with E-state index in [1.807, 2.05) is 24.3 Å². The fraction of sp³-hybridized carbons (Fsp3) is 0.0909. The number of nitrogens with zero attached hydrogens (tertiary/aromatic N) is 1. The normalized spacial score (nSPS) is 10.1. The molecule has 0 aliphatic heterocycles. The lowest BCUT2D eigenvalue weighted by Gasteiger charge is -2.04. The molecular formula is C11H10BrN3O. The molecular weight excluding hydrogens is 270 g/mol. The number of carbonyl (C=O) groups excluding carboxylic acids is 1. The molecule has 1 amide bonds. The van der Waals surface area contributed by atoms with E-state index in [1.165, 1.54) is 0 Å². The maximum atomic E-state index is 11.7. The van der Waals surface area contributed by atoms with Crippen LogP contribution in [0, 0.1) is 0 Å². The Balaban J connectivity index is 2.12. The van der Waals surface area contributed by atoms with E-state index < -0.39 is 0 Å². The van der Waals surface area contributed by atoms with E-state index in [0.717, 1.165) is 16.6 Å². The number of aromatic amines is 1. The van der Waals surface area contributed by atoms with E-state index in [4.69, 9.17) is 0 Å². The minimum atomic E-state index is -0.191. The van der Waals surface area contributed by atoms with Crippen molar-refractivity contribution in [1.29, 1.82) is 0 Å². The van der Waals surface area contributed by atoms with Crippen molar-refractivity contribution in [3.8, 4) is 0 Å². The number of H-pyrrole nitrogens is 1. The van der Waals surface area contributed by atoms with Crippen molar-refractivity contribution in [2.24, 2.45) is 0 Å². The molecule has 2 rings (SSSR count). The molecule has 0 saturated carbocycles. The number of nitrogens with one attached hydrogen (secondary N) is 2. The van der Waals surface area contributed by atoms with Crippen molar-refractivity contribution in [3.63, 3.8) is 0 Å². The fourth-order valence-electron chi connectivity index (χ4n) is 1.31. The van der Waals surface area contributed by atoms with Crippen molar-refractivity contribution in [2.45, 2.75) is 5.33 Å². The highest BCUT2D eigenvalue weighted by Crippen LogP contribution is 2.13. The number of carbonyl (C=O) groups is 1. The molecule has 1 heterocycles. The third-order valence-corrected chi connectivity index (χ3v) is 2.73. The second-order valence-corrected chi connectivity index (χ2v) is 3.82. The molecule has 1 aromatic carbocycles. The maximum absolute atomic E-state index is 11.7. The summed E-state index contributed by atoms with van der Waals surface area (Å²) in [4.78, 5) is 11.7. The summed E-state index contributed by atoms with van der Waals surface area (Å²) in [7, 11) is 0. The van der Waals surface area contributed by atoms with Gasteiger partial charge in [-0.05, 0) is 23.8 Å². The number of alkyl halides is 1. The Kier molecular flexibility index (Phi) is 3.36. The Morgan fingerprint density at radius 1 is 1.44 bits per heavy atom. The van der Waals surface area contributed by atoms with E-state index in [1.54, 1.807) is 12.3 Å². The average molecular weight is 280 g/mol. The second kappa shape index (κ2) is 4.94. The highest BCUT2D eigenvalue weighted by Gasteiger charge is 2.06. The molecule has 0 radical (unpaired) electrons. The van der Waals surface area contributed by atoms with Gasteiger partial charge in [-0.25, -0.2) is 0 Å². The summed E-state index contributed by atoms with van der Waals surface area (Å²) in [5, 5.41) is 9.89. The number of hydrogen-bond acceptors (Lipinski definition) is 2. The van der Waals surface area contributed by atoms with Crippen LogP contribution in [0.4, 0.5) is 5.69 Å². The monoisotopic (exact) mass is 279 g/mol. The van der Waals surface area contributed by atoms with E-state index in [-0.39, 0.29) is 5.91 Å². The Hall–Kier alpha value is -1.62. The van der Waals surface area contributed by atoms with Crippen molar-refractivity contribution < 1.29 is 4.79 Å². The third-order valence-electron chi connectivity index (χ3n) is 2.08. The zero-order valence-electron chi connectivity index (χ0n) is 8.40. The molecule has 82 valence electrons. The van der Waals surface area contributed by atoms with E-state index >= 15 is 0 Å². The van der Waals surface area contributed by atoms with Crippen molar-refractivity contribution in [1.82, 2.24) is 10.2 Å². The molecule has 4 nitrogen and oxygen atoms in total. The van der Waals surface area contributed by atoms with Gasteiger partial charge in [-0.3, -0.25) is 9.89 Å². The molecule has 5 heteroatoms. The zero-order valence-corrected chi connectivity index (χ0v) is 9.99. The largest absolute Gasteiger partial charge is 0.321 e. The summed E-state index contributed by atoms with van der Waals surface area (Å²) in [5.41, 5.74) is 2.34. The first-order valence-electron chi connectivity index (χ1n) is 4.75. The molecule has 2 aromatic rings. The minimum Gasteiger partial charge on any atom is -0.321 e. The first-order valence-corrected chi connectivity index (χ1v) is 5.87. The molecule has 0 atom stereocenters. The Bertz CT molecular complexity index is 482. The van der Waals surface area contributed by atoms with Gasteiger partial charge in [-0.1, -0.05) is 28.1 Å². The van der Waals surface area contributed by atoms with Crippen LogP contribution >= 0.6 is 15.9 Å². The zero-order chi connectivity index (χ0) is 11.4. The van der Waals surface area contributed by atoms with Crippen LogP contribution in [0.5, 0.6) is 0 Å². The van der Waals surface area contributed by atoms with Gasteiger partial charge in [0.1, 0.15) is 5.69 Å². The predicted octanol–water partition coefficient (Wildman–Crippen LogP) is 2.56. The van der Waals surface area contributed by atoms with E-state index in [9.17, 15) is 4.79 Å². The summed E-state index contributed by atoms with van der Waals surface area (Å²) in [6.07, 6.45) is 1.55. The van der Waals surface area contributed by atoms with Gasteiger partial charge in [-0.2, -0.15) is 5.10 Å². The molecule has 1 aromatic heterocycles. The Morgan fingerprint density at radius 3 is 3.00 bits per heavy atom. The standard InChI is InChI=1S/C11H10BrN3O/c12-7-8-2-1-3-9(6-8)14-11(16)10-4-5-13-15-10/h1-6H,7H2,(H,13,15)(H,14,16). The van der Waals surface area contributed by atoms with Gasteiger partial charge < -0.3 is 5.32 Å². The minimum absolute atomic E-state index is 0.191. The van der Waals surface area contributed by atoms with Crippen LogP contribution in [0.3, 0.4) is 0 Å². The number of rotatable bonds is 3. The molecule has 0 aliphatic rings. The number of halogens is 1. The topological polar surface area (TPSA) is 57.8 Å². The highest BCUT2D eigenvalue weighted by molar-refractivity contribution is 9.08. The third kappa shape index (κ3) is 2.49. The van der Waals surface area contributed by atoms with Crippen molar-refractivity contribution >= 4 is 27.5 Å². The van der Waals surface area contributed by atoms with E-state index in [0.29, 0.717) is 5.69 Å². The maximum Gasteiger partial charge on any atom is 0.273 e. The summed E-state index contributed by atoms with van der Waals surface area (Å²) in [5.74, 6) is -0.191. The summed E-state index contributed by atoms with van der Waals surface area (Å²) < 4.78 is 0. The van der Waals surface area contributed by atoms with Gasteiger partial charge in [0, 0.05) is 17.2 Å². The predicted molar refractivity (Wildman–Crippen MR) is 65.6 cm³/mol. The van der Waals surface area contributed by atoms with Crippen LogP contribution in [-0.4, -0.2) is 16.1 Å². The number of hydrogen-bond donors (Lipinski definition) is 2. The van der Waals surface area contributed by atoms with Gasteiger partial charge in [-0.15, -0.1) is 0 Å². The lowest BCUT2D eigenvalue weighted by Crippen LogP contribution is -2.12. The quantitative estimate of drug-likeness (QED) is 0.849. The Morgan fingerprint density at radius 2 is 2.31 bits per heavy atom. The van der Waals surface area contributed by atoms with Crippen LogP contribution in [0.15, 0.2) is 36.5 Å². The van der Waals surface area contributed by atoms with Gasteiger partial charge in [0.25, 0.3) is 5.91 Å². The highest BCUT2D eigenvalue weighted by atomic mass is 79.9. The van der Waals surface area contributed by atoms with Crippen LogP contribution in [0.25, 0.3) is 0 Å². The molecule has 0 bridgehead atoms. The molecule has 16 heavy (non-hydrogen) atoms. The number of benzene rings is 1.